The van der Waals surface area contributed by atoms with Crippen LogP contribution in [0.3, 0.4) is 0 Å². The van der Waals surface area contributed by atoms with Crippen LogP contribution in [0.15, 0.2) is 54.6 Å². The van der Waals surface area contributed by atoms with Gasteiger partial charge in [0.2, 0.25) is 0 Å². The Hall–Kier alpha value is -2.20. The zero-order valence-electron chi connectivity index (χ0n) is 12.3. The molecule has 0 aliphatic heterocycles. The van der Waals surface area contributed by atoms with Crippen LogP contribution in [0.4, 0.5) is 5.69 Å². The summed E-state index contributed by atoms with van der Waals surface area (Å²) in [7, 11) is 0. The normalized spacial score (nSPS) is 13.6. The Bertz CT molecular complexity index is 599. The molecule has 2 aromatic carbocycles. The first kappa shape index (κ1) is 15.2. The zero-order chi connectivity index (χ0) is 15.2. The molecule has 4 nitrogen and oxygen atoms in total. The summed E-state index contributed by atoms with van der Waals surface area (Å²) in [6, 6.07) is 17.3. The third kappa shape index (κ3) is 4.13. The molecule has 1 N–H and O–H groups in total. The Morgan fingerprint density at radius 2 is 1.67 bits per heavy atom. The molecule has 0 spiro atoms. The maximum atomic E-state index is 11.1. The lowest BCUT2D eigenvalue weighted by Gasteiger charge is -2.20. The third-order valence-electron chi connectivity index (χ3n) is 3.52. The van der Waals surface area contributed by atoms with E-state index >= 15 is 0 Å². The Morgan fingerprint density at radius 3 is 2.33 bits per heavy atom. The monoisotopic (exact) mass is 284 g/mol. The van der Waals surface area contributed by atoms with Gasteiger partial charge in [0.25, 0.3) is 5.69 Å². The highest BCUT2D eigenvalue weighted by molar-refractivity contribution is 5.41. The molecule has 2 rings (SSSR count). The summed E-state index contributed by atoms with van der Waals surface area (Å²) in [5, 5.41) is 14.5. The minimum atomic E-state index is -0.324. The number of hydrogen-bond acceptors (Lipinski definition) is 3. The van der Waals surface area contributed by atoms with E-state index in [9.17, 15) is 10.1 Å². The first-order valence-corrected chi connectivity index (χ1v) is 7.11. The number of nitrogens with zero attached hydrogens (tertiary/aromatic N) is 1. The van der Waals surface area contributed by atoms with Crippen molar-refractivity contribution in [2.45, 2.75) is 32.4 Å². The van der Waals surface area contributed by atoms with Crippen molar-refractivity contribution in [3.8, 4) is 0 Å². The quantitative estimate of drug-likeness (QED) is 0.647. The van der Waals surface area contributed by atoms with Crippen molar-refractivity contribution in [1.29, 1.82) is 0 Å². The van der Waals surface area contributed by atoms with Gasteiger partial charge in [-0.15, -0.1) is 0 Å². The van der Waals surface area contributed by atoms with Crippen molar-refractivity contribution in [2.24, 2.45) is 0 Å². The fourth-order valence-corrected chi connectivity index (χ4v) is 2.56. The Labute approximate surface area is 125 Å². The SMILES string of the molecule is CC(Cc1ccccc1)NC(C)c1ccccc1[N+](=O)[O-]. The zero-order valence-corrected chi connectivity index (χ0v) is 12.3. The second-order valence-corrected chi connectivity index (χ2v) is 5.30. The first-order chi connectivity index (χ1) is 10.1. The first-order valence-electron chi connectivity index (χ1n) is 7.11. The number of para-hydroxylation sites is 1. The maximum Gasteiger partial charge on any atom is 0.274 e. The van der Waals surface area contributed by atoms with Gasteiger partial charge in [0.05, 0.1) is 4.92 Å². The molecule has 2 aromatic rings. The summed E-state index contributed by atoms with van der Waals surface area (Å²) in [5.74, 6) is 0. The Morgan fingerprint density at radius 1 is 1.05 bits per heavy atom. The van der Waals surface area contributed by atoms with Crippen LogP contribution in [-0.2, 0) is 6.42 Å². The molecule has 110 valence electrons. The molecule has 0 heterocycles. The van der Waals surface area contributed by atoms with E-state index in [4.69, 9.17) is 0 Å². The highest BCUT2D eigenvalue weighted by Crippen LogP contribution is 2.24. The van der Waals surface area contributed by atoms with Crippen LogP contribution < -0.4 is 5.32 Å². The third-order valence-corrected chi connectivity index (χ3v) is 3.52. The molecule has 2 atom stereocenters. The van der Waals surface area contributed by atoms with Crippen LogP contribution in [0.1, 0.15) is 31.0 Å². The van der Waals surface area contributed by atoms with Gasteiger partial charge in [-0.05, 0) is 25.8 Å². The molecule has 0 fully saturated rings. The standard InChI is InChI=1S/C17H20N2O2/c1-13(12-15-8-4-3-5-9-15)18-14(2)16-10-6-7-11-17(16)19(20)21/h3-11,13-14,18H,12H2,1-2H3. The molecule has 21 heavy (non-hydrogen) atoms. The van der Waals surface area contributed by atoms with E-state index in [1.54, 1.807) is 12.1 Å². The predicted molar refractivity (Wildman–Crippen MR) is 84.3 cm³/mol. The van der Waals surface area contributed by atoms with Gasteiger partial charge in [0.1, 0.15) is 0 Å². The molecular formula is C17H20N2O2. The summed E-state index contributed by atoms with van der Waals surface area (Å²) in [6.45, 7) is 4.06. The second kappa shape index (κ2) is 6.99. The maximum absolute atomic E-state index is 11.1. The van der Waals surface area contributed by atoms with Crippen molar-refractivity contribution in [1.82, 2.24) is 5.32 Å². The van der Waals surface area contributed by atoms with Crippen LogP contribution in [0.5, 0.6) is 0 Å². The summed E-state index contributed by atoms with van der Waals surface area (Å²) < 4.78 is 0. The minimum Gasteiger partial charge on any atom is -0.307 e. The Kier molecular flexibility index (Phi) is 5.06. The average molecular weight is 284 g/mol. The van der Waals surface area contributed by atoms with Gasteiger partial charge in [-0.1, -0.05) is 48.5 Å². The summed E-state index contributed by atoms with van der Waals surface area (Å²) in [6.07, 6.45) is 0.895. The molecule has 0 saturated heterocycles. The molecule has 4 heteroatoms. The van der Waals surface area contributed by atoms with Crippen molar-refractivity contribution in [3.05, 3.63) is 75.8 Å². The number of nitro benzene ring substituents is 1. The minimum absolute atomic E-state index is 0.0645. The molecule has 2 unspecified atom stereocenters. The van der Waals surface area contributed by atoms with Crippen LogP contribution >= 0.6 is 0 Å². The van der Waals surface area contributed by atoms with Crippen LogP contribution in [0.2, 0.25) is 0 Å². The molecular weight excluding hydrogens is 264 g/mol. The van der Waals surface area contributed by atoms with Gasteiger partial charge in [0, 0.05) is 23.7 Å². The lowest BCUT2D eigenvalue weighted by molar-refractivity contribution is -0.385. The molecule has 0 saturated carbocycles. The number of nitro groups is 1. The van der Waals surface area contributed by atoms with Crippen molar-refractivity contribution >= 4 is 5.69 Å². The van der Waals surface area contributed by atoms with Crippen LogP contribution in [-0.4, -0.2) is 11.0 Å². The van der Waals surface area contributed by atoms with Crippen molar-refractivity contribution in [2.75, 3.05) is 0 Å². The number of rotatable bonds is 6. The van der Waals surface area contributed by atoms with Gasteiger partial charge < -0.3 is 5.32 Å². The van der Waals surface area contributed by atoms with Gasteiger partial charge in [-0.2, -0.15) is 0 Å². The fraction of sp³-hybridized carbons (Fsp3) is 0.294. The van der Waals surface area contributed by atoms with Gasteiger partial charge in [-0.3, -0.25) is 10.1 Å². The van der Waals surface area contributed by atoms with E-state index in [0.717, 1.165) is 12.0 Å². The summed E-state index contributed by atoms with van der Waals surface area (Å²) in [4.78, 5) is 10.8. The van der Waals surface area contributed by atoms with Gasteiger partial charge in [-0.25, -0.2) is 0 Å². The van der Waals surface area contributed by atoms with E-state index in [1.165, 1.54) is 5.56 Å². The second-order valence-electron chi connectivity index (χ2n) is 5.30. The lowest BCUT2D eigenvalue weighted by atomic mass is 10.0. The van der Waals surface area contributed by atoms with Crippen molar-refractivity contribution < 1.29 is 4.92 Å². The molecule has 0 aliphatic carbocycles. The molecule has 0 aromatic heterocycles. The van der Waals surface area contributed by atoms with Gasteiger partial charge >= 0.3 is 0 Å². The molecule has 0 bridgehead atoms. The van der Waals surface area contributed by atoms with Gasteiger partial charge in [0.15, 0.2) is 0 Å². The number of hydrogen-bond donors (Lipinski definition) is 1. The van der Waals surface area contributed by atoms with E-state index in [0.29, 0.717) is 0 Å². The lowest BCUT2D eigenvalue weighted by Crippen LogP contribution is -2.31. The molecule has 0 amide bonds. The summed E-state index contributed by atoms with van der Waals surface area (Å²) >= 11 is 0. The molecule has 0 radical (unpaired) electrons. The van der Waals surface area contributed by atoms with E-state index in [2.05, 4.69) is 24.4 Å². The van der Waals surface area contributed by atoms with E-state index in [1.807, 2.05) is 37.3 Å². The topological polar surface area (TPSA) is 55.2 Å². The largest absolute Gasteiger partial charge is 0.307 e. The Balaban J connectivity index is 2.04. The highest BCUT2D eigenvalue weighted by atomic mass is 16.6. The summed E-state index contributed by atoms with van der Waals surface area (Å²) in [5.41, 5.74) is 2.15. The van der Waals surface area contributed by atoms with E-state index in [-0.39, 0.29) is 22.7 Å². The smallest absolute Gasteiger partial charge is 0.274 e. The average Bonchev–Trinajstić information content (AvgIpc) is 2.48. The molecule has 0 aliphatic rings. The number of benzene rings is 2. The fourth-order valence-electron chi connectivity index (χ4n) is 2.56. The van der Waals surface area contributed by atoms with E-state index < -0.39 is 0 Å². The number of nitrogens with one attached hydrogen (secondary N) is 1. The predicted octanol–water partition coefficient (Wildman–Crippen LogP) is 3.88. The van der Waals surface area contributed by atoms with Crippen LogP contribution in [0.25, 0.3) is 0 Å². The van der Waals surface area contributed by atoms with Crippen molar-refractivity contribution in [3.63, 3.8) is 0 Å². The highest BCUT2D eigenvalue weighted by Gasteiger charge is 2.19. The van der Waals surface area contributed by atoms with Crippen LogP contribution in [0, 0.1) is 10.1 Å².